The van der Waals surface area contributed by atoms with Crippen molar-refractivity contribution in [2.45, 2.75) is 46.0 Å². The molecule has 0 saturated carbocycles. The van der Waals surface area contributed by atoms with Crippen molar-refractivity contribution in [2.75, 3.05) is 41.4 Å². The van der Waals surface area contributed by atoms with Crippen LogP contribution < -0.4 is 10.2 Å². The van der Waals surface area contributed by atoms with E-state index in [0.29, 0.717) is 0 Å². The predicted octanol–water partition coefficient (Wildman–Crippen LogP) is 3.54. The van der Waals surface area contributed by atoms with Crippen LogP contribution >= 0.6 is 11.8 Å². The van der Waals surface area contributed by atoms with Gasteiger partial charge in [-0.05, 0) is 18.6 Å². The van der Waals surface area contributed by atoms with Gasteiger partial charge in [0.1, 0.15) is 17.5 Å². The molecule has 2 rings (SSSR count). The molecule has 1 aliphatic heterocycles. The molecule has 0 unspecified atom stereocenters. The molecular weight excluding hydrogens is 280 g/mol. The third-order valence-electron chi connectivity index (χ3n) is 3.49. The molecule has 4 nitrogen and oxygen atoms in total. The standard InChI is InChI=1S/C16H28N4S/c1-5-7-17-13-12-14(19-15(18-13)16(2,3)4)20-8-6-10-21-11-9-20/h12H,5-11H2,1-4H3,(H,17,18,19). The number of nitrogens with zero attached hydrogens (tertiary/aromatic N) is 3. The second-order valence-corrected chi connectivity index (χ2v) is 7.79. The normalized spacial score (nSPS) is 16.7. The van der Waals surface area contributed by atoms with Gasteiger partial charge in [-0.2, -0.15) is 11.8 Å². The first-order chi connectivity index (χ1) is 10.0. The molecule has 1 aromatic heterocycles. The van der Waals surface area contributed by atoms with Crippen LogP contribution in [0.15, 0.2) is 6.07 Å². The van der Waals surface area contributed by atoms with Gasteiger partial charge < -0.3 is 10.2 Å². The molecule has 118 valence electrons. The van der Waals surface area contributed by atoms with Crippen molar-refractivity contribution in [3.8, 4) is 0 Å². The first-order valence-corrected chi connectivity index (χ1v) is 9.12. The van der Waals surface area contributed by atoms with Crippen LogP contribution in [0.3, 0.4) is 0 Å². The number of nitrogens with one attached hydrogen (secondary N) is 1. The fourth-order valence-corrected chi connectivity index (χ4v) is 3.14. The molecule has 0 aromatic carbocycles. The Morgan fingerprint density at radius 2 is 2.05 bits per heavy atom. The minimum absolute atomic E-state index is 0.0285. The Bertz CT molecular complexity index is 448. The molecule has 1 saturated heterocycles. The van der Waals surface area contributed by atoms with Gasteiger partial charge in [0.15, 0.2) is 0 Å². The Balaban J connectivity index is 2.29. The van der Waals surface area contributed by atoms with Crippen molar-refractivity contribution in [3.63, 3.8) is 0 Å². The first kappa shape index (κ1) is 16.4. The minimum Gasteiger partial charge on any atom is -0.370 e. The molecule has 1 aromatic rings. The van der Waals surface area contributed by atoms with E-state index in [1.54, 1.807) is 0 Å². The maximum absolute atomic E-state index is 4.84. The highest BCUT2D eigenvalue weighted by Gasteiger charge is 2.21. The van der Waals surface area contributed by atoms with Crippen molar-refractivity contribution in [2.24, 2.45) is 0 Å². The highest BCUT2D eigenvalue weighted by Crippen LogP contribution is 2.25. The highest BCUT2D eigenvalue weighted by atomic mass is 32.2. The summed E-state index contributed by atoms with van der Waals surface area (Å²) >= 11 is 2.04. The molecule has 0 radical (unpaired) electrons. The molecule has 0 aliphatic carbocycles. The molecule has 5 heteroatoms. The molecule has 0 bridgehead atoms. The summed E-state index contributed by atoms with van der Waals surface area (Å²) < 4.78 is 0. The summed E-state index contributed by atoms with van der Waals surface area (Å²) in [4.78, 5) is 12.0. The summed E-state index contributed by atoms with van der Waals surface area (Å²) in [5, 5.41) is 3.42. The lowest BCUT2D eigenvalue weighted by Crippen LogP contribution is -2.28. The molecule has 1 aliphatic rings. The topological polar surface area (TPSA) is 41.0 Å². The third-order valence-corrected chi connectivity index (χ3v) is 4.53. The Labute approximate surface area is 133 Å². The molecule has 0 atom stereocenters. The molecule has 0 amide bonds. The van der Waals surface area contributed by atoms with Gasteiger partial charge in [0.2, 0.25) is 0 Å². The summed E-state index contributed by atoms with van der Waals surface area (Å²) in [6.07, 6.45) is 2.34. The number of aromatic nitrogens is 2. The van der Waals surface area contributed by atoms with Gasteiger partial charge in [-0.15, -0.1) is 0 Å². The van der Waals surface area contributed by atoms with Crippen molar-refractivity contribution in [1.29, 1.82) is 0 Å². The largest absolute Gasteiger partial charge is 0.370 e. The lowest BCUT2D eigenvalue weighted by molar-refractivity contribution is 0.544. The number of hydrogen-bond acceptors (Lipinski definition) is 5. The van der Waals surface area contributed by atoms with Crippen molar-refractivity contribution in [1.82, 2.24) is 9.97 Å². The van der Waals surface area contributed by atoms with Gasteiger partial charge in [0, 0.05) is 36.9 Å². The van der Waals surface area contributed by atoms with E-state index >= 15 is 0 Å². The zero-order valence-corrected chi connectivity index (χ0v) is 14.6. The van der Waals surface area contributed by atoms with Crippen molar-refractivity contribution >= 4 is 23.4 Å². The summed E-state index contributed by atoms with van der Waals surface area (Å²) in [5.74, 6) is 5.41. The average Bonchev–Trinajstić information content (AvgIpc) is 2.73. The van der Waals surface area contributed by atoms with Gasteiger partial charge >= 0.3 is 0 Å². The zero-order valence-electron chi connectivity index (χ0n) is 13.8. The maximum atomic E-state index is 4.84. The smallest absolute Gasteiger partial charge is 0.138 e. The van der Waals surface area contributed by atoms with Gasteiger partial charge in [0.25, 0.3) is 0 Å². The van der Waals surface area contributed by atoms with Crippen LogP contribution in [0.1, 0.15) is 46.4 Å². The summed E-state index contributed by atoms with van der Waals surface area (Å²) in [6, 6.07) is 2.11. The van der Waals surface area contributed by atoms with E-state index in [2.05, 4.69) is 44.0 Å². The van der Waals surface area contributed by atoms with Crippen LogP contribution in [0.4, 0.5) is 11.6 Å². The molecule has 0 spiro atoms. The summed E-state index contributed by atoms with van der Waals surface area (Å²) in [6.45, 7) is 11.8. The summed E-state index contributed by atoms with van der Waals surface area (Å²) in [7, 11) is 0. The second-order valence-electron chi connectivity index (χ2n) is 6.56. The van der Waals surface area contributed by atoms with Crippen LogP contribution in [0.25, 0.3) is 0 Å². The van der Waals surface area contributed by atoms with Gasteiger partial charge in [-0.25, -0.2) is 9.97 Å². The van der Waals surface area contributed by atoms with Gasteiger partial charge in [-0.3, -0.25) is 0 Å². The highest BCUT2D eigenvalue weighted by molar-refractivity contribution is 7.99. The van der Waals surface area contributed by atoms with Crippen LogP contribution in [-0.2, 0) is 5.41 Å². The van der Waals surface area contributed by atoms with Crippen LogP contribution in [0.5, 0.6) is 0 Å². The lowest BCUT2D eigenvalue weighted by Gasteiger charge is -2.25. The van der Waals surface area contributed by atoms with Crippen molar-refractivity contribution < 1.29 is 0 Å². The Morgan fingerprint density at radius 1 is 1.24 bits per heavy atom. The minimum atomic E-state index is -0.0285. The number of thioether (sulfide) groups is 1. The number of rotatable bonds is 4. The van der Waals surface area contributed by atoms with E-state index in [1.165, 1.54) is 17.9 Å². The zero-order chi connectivity index (χ0) is 15.3. The van der Waals surface area contributed by atoms with E-state index in [1.807, 2.05) is 11.8 Å². The second kappa shape index (κ2) is 7.34. The number of hydrogen-bond donors (Lipinski definition) is 1. The first-order valence-electron chi connectivity index (χ1n) is 7.97. The van der Waals surface area contributed by atoms with Crippen molar-refractivity contribution in [3.05, 3.63) is 11.9 Å². The average molecular weight is 308 g/mol. The molecule has 21 heavy (non-hydrogen) atoms. The fraction of sp³-hybridized carbons (Fsp3) is 0.750. The maximum Gasteiger partial charge on any atom is 0.138 e. The fourth-order valence-electron chi connectivity index (χ4n) is 2.25. The van der Waals surface area contributed by atoms with Gasteiger partial charge in [-0.1, -0.05) is 27.7 Å². The predicted molar refractivity (Wildman–Crippen MR) is 93.7 cm³/mol. The monoisotopic (exact) mass is 308 g/mol. The third kappa shape index (κ3) is 4.77. The van der Waals surface area contributed by atoms with Crippen LogP contribution in [0.2, 0.25) is 0 Å². The Morgan fingerprint density at radius 3 is 2.76 bits per heavy atom. The summed E-state index contributed by atoms with van der Waals surface area (Å²) in [5.41, 5.74) is -0.0285. The Hall–Kier alpha value is -0.970. The van der Waals surface area contributed by atoms with E-state index in [9.17, 15) is 0 Å². The van der Waals surface area contributed by atoms with E-state index in [0.717, 1.165) is 43.5 Å². The quantitative estimate of drug-likeness (QED) is 0.921. The van der Waals surface area contributed by atoms with Crippen LogP contribution in [0, 0.1) is 0 Å². The molecule has 1 fully saturated rings. The molecular formula is C16H28N4S. The lowest BCUT2D eigenvalue weighted by atomic mass is 9.96. The van der Waals surface area contributed by atoms with E-state index in [-0.39, 0.29) is 5.41 Å². The SMILES string of the molecule is CCCNc1cc(N2CCCSCC2)nc(C(C)(C)C)n1. The Kier molecular flexibility index (Phi) is 5.73. The molecule has 2 heterocycles. The van der Waals surface area contributed by atoms with Crippen LogP contribution in [-0.4, -0.2) is 41.1 Å². The molecule has 1 N–H and O–H groups in total. The van der Waals surface area contributed by atoms with E-state index < -0.39 is 0 Å². The number of anilines is 2. The van der Waals surface area contributed by atoms with E-state index in [4.69, 9.17) is 9.97 Å². The van der Waals surface area contributed by atoms with Gasteiger partial charge in [0.05, 0.1) is 0 Å².